The summed E-state index contributed by atoms with van der Waals surface area (Å²) < 4.78 is 28.4. The molecule has 1 N–H and O–H groups in total. The highest BCUT2D eigenvalue weighted by Crippen LogP contribution is 2.30. The van der Waals surface area contributed by atoms with Crippen molar-refractivity contribution in [2.75, 3.05) is 18.4 Å². The van der Waals surface area contributed by atoms with E-state index < -0.39 is 10.0 Å². The van der Waals surface area contributed by atoms with Gasteiger partial charge in [0.2, 0.25) is 10.0 Å². The van der Waals surface area contributed by atoms with E-state index in [4.69, 9.17) is 0 Å². The van der Waals surface area contributed by atoms with Gasteiger partial charge in [-0.1, -0.05) is 67.6 Å². The normalized spacial score (nSPS) is 11.7. The summed E-state index contributed by atoms with van der Waals surface area (Å²) in [6, 6.07) is 22.3. The Bertz CT molecular complexity index is 1380. The van der Waals surface area contributed by atoms with Crippen LogP contribution in [-0.2, 0) is 10.0 Å². The first-order chi connectivity index (χ1) is 16.4. The molecule has 1 heterocycles. The van der Waals surface area contributed by atoms with Gasteiger partial charge >= 0.3 is 0 Å². The van der Waals surface area contributed by atoms with Crippen LogP contribution in [0.15, 0.2) is 77.7 Å². The van der Waals surface area contributed by atoms with Crippen molar-refractivity contribution in [1.29, 1.82) is 0 Å². The minimum Gasteiger partial charge on any atom is -0.298 e. The highest BCUT2D eigenvalue weighted by molar-refractivity contribution is 7.89. The standard InChI is InChI=1S/C26H27N3O3S2/c1-3-16-29(17-4-2)34(31,32)22-14-15-23-24(18-22)33-26(27-23)28-25(30)21-12-10-20(11-13-21)19-8-6-5-7-9-19/h5-15,18H,3-4,16-17H2,1-2H3,(H,27,28,30). The van der Waals surface area contributed by atoms with Gasteiger partial charge in [-0.25, -0.2) is 13.4 Å². The van der Waals surface area contributed by atoms with Gasteiger partial charge in [0.05, 0.1) is 15.1 Å². The van der Waals surface area contributed by atoms with Crippen LogP contribution in [0.2, 0.25) is 0 Å². The van der Waals surface area contributed by atoms with Crippen molar-refractivity contribution in [2.45, 2.75) is 31.6 Å². The van der Waals surface area contributed by atoms with Crippen LogP contribution in [0.3, 0.4) is 0 Å². The van der Waals surface area contributed by atoms with Crippen molar-refractivity contribution in [3.63, 3.8) is 0 Å². The maximum Gasteiger partial charge on any atom is 0.257 e. The van der Waals surface area contributed by atoms with Crippen molar-refractivity contribution >= 4 is 42.6 Å². The molecule has 4 rings (SSSR count). The number of nitrogens with one attached hydrogen (secondary N) is 1. The van der Waals surface area contributed by atoms with Gasteiger partial charge in [0.25, 0.3) is 5.91 Å². The number of fused-ring (bicyclic) bond motifs is 1. The number of benzene rings is 3. The van der Waals surface area contributed by atoms with Crippen LogP contribution < -0.4 is 5.32 Å². The van der Waals surface area contributed by atoms with Gasteiger partial charge in [-0.15, -0.1) is 0 Å². The number of anilines is 1. The summed E-state index contributed by atoms with van der Waals surface area (Å²) in [5.41, 5.74) is 3.29. The molecule has 6 nitrogen and oxygen atoms in total. The molecule has 1 amide bonds. The molecular formula is C26H27N3O3S2. The number of amides is 1. The van der Waals surface area contributed by atoms with Crippen LogP contribution in [0, 0.1) is 0 Å². The van der Waals surface area contributed by atoms with Crippen LogP contribution >= 0.6 is 11.3 Å². The summed E-state index contributed by atoms with van der Waals surface area (Å²) in [5, 5.41) is 3.27. The molecule has 0 atom stereocenters. The van der Waals surface area contributed by atoms with E-state index in [2.05, 4.69) is 10.3 Å². The van der Waals surface area contributed by atoms with E-state index in [0.29, 0.717) is 34.0 Å². The Hall–Kier alpha value is -3.07. The predicted octanol–water partition coefficient (Wildman–Crippen LogP) is 6.03. The molecule has 0 saturated heterocycles. The minimum atomic E-state index is -3.58. The van der Waals surface area contributed by atoms with E-state index in [9.17, 15) is 13.2 Å². The lowest BCUT2D eigenvalue weighted by molar-refractivity contribution is 0.102. The summed E-state index contributed by atoms with van der Waals surface area (Å²) in [5.74, 6) is -0.261. The van der Waals surface area contributed by atoms with Crippen LogP contribution in [0.25, 0.3) is 21.3 Å². The third-order valence-electron chi connectivity index (χ3n) is 5.42. The molecule has 0 aliphatic carbocycles. The number of rotatable bonds is 9. The average molecular weight is 494 g/mol. The molecule has 34 heavy (non-hydrogen) atoms. The summed E-state index contributed by atoms with van der Waals surface area (Å²) in [4.78, 5) is 17.5. The van der Waals surface area contributed by atoms with Crippen LogP contribution in [-0.4, -0.2) is 36.7 Å². The summed E-state index contributed by atoms with van der Waals surface area (Å²) in [6.07, 6.45) is 1.51. The zero-order valence-corrected chi connectivity index (χ0v) is 20.8. The molecule has 0 radical (unpaired) electrons. The van der Waals surface area contributed by atoms with Crippen molar-refractivity contribution in [3.05, 3.63) is 78.4 Å². The van der Waals surface area contributed by atoms with Gasteiger partial charge in [-0.05, 0) is 54.3 Å². The van der Waals surface area contributed by atoms with E-state index in [1.807, 2.05) is 56.3 Å². The largest absolute Gasteiger partial charge is 0.298 e. The molecule has 1 aromatic heterocycles. The Kier molecular flexibility index (Phi) is 7.41. The second-order valence-corrected chi connectivity index (χ2v) is 10.9. The summed E-state index contributed by atoms with van der Waals surface area (Å²) >= 11 is 1.26. The molecule has 0 fully saturated rings. The molecule has 8 heteroatoms. The Labute approximate surface area is 204 Å². The number of nitrogens with zero attached hydrogens (tertiary/aromatic N) is 2. The third-order valence-corrected chi connectivity index (χ3v) is 8.25. The number of sulfonamides is 1. The molecule has 0 bridgehead atoms. The second kappa shape index (κ2) is 10.5. The van der Waals surface area contributed by atoms with E-state index in [1.54, 1.807) is 30.3 Å². The van der Waals surface area contributed by atoms with Crippen molar-refractivity contribution in [3.8, 4) is 11.1 Å². The Balaban J connectivity index is 1.52. The van der Waals surface area contributed by atoms with Crippen molar-refractivity contribution < 1.29 is 13.2 Å². The van der Waals surface area contributed by atoms with Gasteiger partial charge < -0.3 is 0 Å². The van der Waals surface area contributed by atoms with Gasteiger partial charge in [0.15, 0.2) is 5.13 Å². The van der Waals surface area contributed by atoms with Crippen LogP contribution in [0.5, 0.6) is 0 Å². The fraction of sp³-hybridized carbons (Fsp3) is 0.231. The lowest BCUT2D eigenvalue weighted by atomic mass is 10.0. The molecule has 4 aromatic rings. The summed E-state index contributed by atoms with van der Waals surface area (Å²) in [7, 11) is -3.58. The molecule has 0 unspecified atom stereocenters. The summed E-state index contributed by atoms with van der Waals surface area (Å²) in [6.45, 7) is 4.91. The van der Waals surface area contributed by atoms with Crippen molar-refractivity contribution in [2.24, 2.45) is 0 Å². The average Bonchev–Trinajstić information content (AvgIpc) is 3.26. The van der Waals surface area contributed by atoms with Crippen LogP contribution in [0.1, 0.15) is 37.0 Å². The second-order valence-electron chi connectivity index (χ2n) is 7.95. The number of hydrogen-bond acceptors (Lipinski definition) is 5. The highest BCUT2D eigenvalue weighted by Gasteiger charge is 2.24. The van der Waals surface area contributed by atoms with Crippen molar-refractivity contribution in [1.82, 2.24) is 9.29 Å². The molecule has 0 spiro atoms. The topological polar surface area (TPSA) is 79.4 Å². The zero-order valence-electron chi connectivity index (χ0n) is 19.2. The Morgan fingerprint density at radius 3 is 2.21 bits per heavy atom. The zero-order chi connectivity index (χ0) is 24.1. The molecular weight excluding hydrogens is 466 g/mol. The number of carbonyl (C=O) groups is 1. The molecule has 0 aliphatic heterocycles. The SMILES string of the molecule is CCCN(CCC)S(=O)(=O)c1ccc2nc(NC(=O)c3ccc(-c4ccccc4)cc3)sc2c1. The molecule has 0 aliphatic rings. The Morgan fingerprint density at radius 2 is 1.56 bits per heavy atom. The molecule has 176 valence electrons. The van der Waals surface area contributed by atoms with E-state index in [0.717, 1.165) is 24.0 Å². The number of hydrogen-bond donors (Lipinski definition) is 1. The molecule has 3 aromatic carbocycles. The van der Waals surface area contributed by atoms with Gasteiger partial charge in [0, 0.05) is 18.7 Å². The van der Waals surface area contributed by atoms with Gasteiger partial charge in [-0.2, -0.15) is 4.31 Å². The van der Waals surface area contributed by atoms with E-state index in [1.165, 1.54) is 15.6 Å². The lowest BCUT2D eigenvalue weighted by Crippen LogP contribution is -2.32. The fourth-order valence-corrected chi connectivity index (χ4v) is 6.36. The van der Waals surface area contributed by atoms with Gasteiger partial charge in [0.1, 0.15) is 0 Å². The smallest absolute Gasteiger partial charge is 0.257 e. The molecule has 0 saturated carbocycles. The van der Waals surface area contributed by atoms with E-state index >= 15 is 0 Å². The predicted molar refractivity (Wildman–Crippen MR) is 139 cm³/mol. The number of thiazole rings is 1. The highest BCUT2D eigenvalue weighted by atomic mass is 32.2. The first kappa shape index (κ1) is 24.1. The first-order valence-corrected chi connectivity index (χ1v) is 13.6. The minimum absolute atomic E-state index is 0.250. The van der Waals surface area contributed by atoms with E-state index in [-0.39, 0.29) is 10.8 Å². The van der Waals surface area contributed by atoms with Gasteiger partial charge in [-0.3, -0.25) is 10.1 Å². The monoisotopic (exact) mass is 493 g/mol. The Morgan fingerprint density at radius 1 is 0.912 bits per heavy atom. The number of aromatic nitrogens is 1. The quantitative estimate of drug-likeness (QED) is 0.309. The maximum atomic E-state index is 13.1. The number of carbonyl (C=O) groups excluding carboxylic acids is 1. The lowest BCUT2D eigenvalue weighted by Gasteiger charge is -2.20. The first-order valence-electron chi connectivity index (χ1n) is 11.3. The third kappa shape index (κ3) is 5.19. The van der Waals surface area contributed by atoms with Crippen LogP contribution in [0.4, 0.5) is 5.13 Å². The maximum absolute atomic E-state index is 13.1. The fourth-order valence-electron chi connectivity index (χ4n) is 3.73.